The fourth-order valence-corrected chi connectivity index (χ4v) is 4.27. The summed E-state index contributed by atoms with van der Waals surface area (Å²) in [7, 11) is 1.71. The van der Waals surface area contributed by atoms with Gasteiger partial charge < -0.3 is 15.2 Å². The van der Waals surface area contributed by atoms with Crippen LogP contribution in [0, 0.1) is 6.92 Å². The molecule has 4 rings (SSSR count). The Labute approximate surface area is 184 Å². The second kappa shape index (κ2) is 9.79. The number of likely N-dealkylation sites (tertiary alicyclic amines) is 1. The molecule has 0 bridgehead atoms. The lowest BCUT2D eigenvalue weighted by atomic mass is 10.0. The molecule has 2 N–H and O–H groups in total. The zero-order valence-electron chi connectivity index (χ0n) is 18.3. The number of nitrogens with zero attached hydrogens (tertiary/aromatic N) is 3. The highest BCUT2D eigenvalue weighted by molar-refractivity contribution is 5.74. The lowest BCUT2D eigenvalue weighted by molar-refractivity contribution is 0.113. The van der Waals surface area contributed by atoms with Gasteiger partial charge in [0.25, 0.3) is 0 Å². The number of hydrogen-bond donors (Lipinski definition) is 2. The van der Waals surface area contributed by atoms with Crippen molar-refractivity contribution in [2.24, 2.45) is 0 Å². The van der Waals surface area contributed by atoms with Gasteiger partial charge in [-0.05, 0) is 25.3 Å². The van der Waals surface area contributed by atoms with E-state index in [-0.39, 0.29) is 12.1 Å². The van der Waals surface area contributed by atoms with Crippen LogP contribution in [0.2, 0.25) is 0 Å². The molecule has 0 radical (unpaired) electrons. The predicted molar refractivity (Wildman–Crippen MR) is 124 cm³/mol. The molecule has 1 saturated heterocycles. The number of imidazole rings is 1. The second-order valence-electron chi connectivity index (χ2n) is 8.20. The van der Waals surface area contributed by atoms with E-state index in [2.05, 4.69) is 46.4 Å². The number of carbonyl (C=O) groups is 1. The molecule has 1 aromatic heterocycles. The van der Waals surface area contributed by atoms with Gasteiger partial charge in [-0.1, -0.05) is 60.7 Å². The average molecular weight is 418 g/mol. The van der Waals surface area contributed by atoms with Gasteiger partial charge in [0.05, 0.1) is 5.69 Å². The molecule has 0 aliphatic carbocycles. The summed E-state index contributed by atoms with van der Waals surface area (Å²) in [4.78, 5) is 25.3. The fraction of sp³-hybridized carbons (Fsp3) is 0.360. The van der Waals surface area contributed by atoms with E-state index < -0.39 is 0 Å². The predicted octanol–water partition coefficient (Wildman–Crippen LogP) is 4.19. The third-order valence-electron chi connectivity index (χ3n) is 6.07. The maximum Gasteiger partial charge on any atom is 0.317 e. The molecule has 0 saturated carbocycles. The van der Waals surface area contributed by atoms with Crippen molar-refractivity contribution in [2.75, 3.05) is 20.1 Å². The first-order chi connectivity index (χ1) is 15.1. The van der Waals surface area contributed by atoms with Crippen LogP contribution < -0.4 is 5.32 Å². The number of hydrogen-bond acceptors (Lipinski definition) is 3. The molecular weight excluding hydrogens is 386 g/mol. The van der Waals surface area contributed by atoms with E-state index in [9.17, 15) is 4.79 Å². The van der Waals surface area contributed by atoms with Gasteiger partial charge in [0.1, 0.15) is 5.82 Å². The number of aryl methyl sites for hydroxylation is 1. The Kier molecular flexibility index (Phi) is 6.67. The summed E-state index contributed by atoms with van der Waals surface area (Å²) >= 11 is 0. The minimum Gasteiger partial charge on any atom is -0.342 e. The quantitative estimate of drug-likeness (QED) is 0.632. The zero-order chi connectivity index (χ0) is 21.6. The standard InChI is InChI=1S/C25H31N5O/c1-19-23(28-24(27-19)21-11-7-4-8-12-21)18-29-15-13-22(14-16-29)30(25(31)26-2)17-20-9-5-3-6-10-20/h3-12,22H,13-18H2,1-2H3,(H,26,31)(H,27,28). The zero-order valence-corrected chi connectivity index (χ0v) is 18.3. The SMILES string of the molecule is CNC(=O)N(Cc1ccccc1)C1CCN(Cc2nc(-c3ccccc3)[nH]c2C)CC1. The third kappa shape index (κ3) is 5.14. The summed E-state index contributed by atoms with van der Waals surface area (Å²) < 4.78 is 0. The number of aromatic nitrogens is 2. The highest BCUT2D eigenvalue weighted by Crippen LogP contribution is 2.23. The number of carbonyl (C=O) groups excluding carboxylic acids is 1. The van der Waals surface area contributed by atoms with Crippen molar-refractivity contribution in [3.05, 3.63) is 77.6 Å². The molecule has 2 heterocycles. The van der Waals surface area contributed by atoms with Gasteiger partial charge >= 0.3 is 6.03 Å². The third-order valence-corrected chi connectivity index (χ3v) is 6.07. The van der Waals surface area contributed by atoms with Crippen LogP contribution in [-0.4, -0.2) is 52.0 Å². The van der Waals surface area contributed by atoms with E-state index in [1.807, 2.05) is 41.3 Å². The van der Waals surface area contributed by atoms with Gasteiger partial charge in [-0.2, -0.15) is 0 Å². The second-order valence-corrected chi connectivity index (χ2v) is 8.20. The molecule has 0 spiro atoms. The van der Waals surface area contributed by atoms with Crippen molar-refractivity contribution in [3.8, 4) is 11.4 Å². The van der Waals surface area contributed by atoms with E-state index in [4.69, 9.17) is 4.98 Å². The molecule has 2 aromatic carbocycles. The van der Waals surface area contributed by atoms with E-state index in [0.717, 1.165) is 60.8 Å². The molecule has 162 valence electrons. The molecule has 0 unspecified atom stereocenters. The molecule has 6 nitrogen and oxygen atoms in total. The Morgan fingerprint density at radius 1 is 1.10 bits per heavy atom. The van der Waals surface area contributed by atoms with Gasteiger partial charge in [-0.25, -0.2) is 9.78 Å². The lowest BCUT2D eigenvalue weighted by Crippen LogP contribution is -2.49. The first-order valence-electron chi connectivity index (χ1n) is 11.0. The molecular formula is C25H31N5O. The molecule has 2 amide bonds. The van der Waals surface area contributed by atoms with E-state index in [1.165, 1.54) is 0 Å². The van der Waals surface area contributed by atoms with Gasteiger partial charge in [-0.3, -0.25) is 4.90 Å². The summed E-state index contributed by atoms with van der Waals surface area (Å²) in [5.74, 6) is 0.927. The summed E-state index contributed by atoms with van der Waals surface area (Å²) in [6.45, 7) is 5.49. The van der Waals surface area contributed by atoms with Crippen LogP contribution in [0.25, 0.3) is 11.4 Å². The van der Waals surface area contributed by atoms with E-state index in [1.54, 1.807) is 7.05 Å². The smallest absolute Gasteiger partial charge is 0.317 e. The van der Waals surface area contributed by atoms with Crippen molar-refractivity contribution < 1.29 is 4.79 Å². The van der Waals surface area contributed by atoms with Crippen molar-refractivity contribution in [1.82, 2.24) is 25.1 Å². The van der Waals surface area contributed by atoms with Crippen molar-refractivity contribution in [3.63, 3.8) is 0 Å². The number of amides is 2. The average Bonchev–Trinajstić information content (AvgIpc) is 3.19. The van der Waals surface area contributed by atoms with Crippen molar-refractivity contribution in [1.29, 1.82) is 0 Å². The minimum absolute atomic E-state index is 0.00190. The molecule has 1 fully saturated rings. The molecule has 31 heavy (non-hydrogen) atoms. The highest BCUT2D eigenvalue weighted by Gasteiger charge is 2.28. The van der Waals surface area contributed by atoms with E-state index >= 15 is 0 Å². The number of urea groups is 1. The normalized spacial score (nSPS) is 15.0. The molecule has 0 atom stereocenters. The summed E-state index contributed by atoms with van der Waals surface area (Å²) in [6, 6.07) is 20.7. The molecule has 6 heteroatoms. The van der Waals surface area contributed by atoms with Crippen LogP contribution in [0.4, 0.5) is 4.79 Å². The van der Waals surface area contributed by atoms with Crippen LogP contribution in [0.1, 0.15) is 29.8 Å². The largest absolute Gasteiger partial charge is 0.342 e. The Morgan fingerprint density at radius 3 is 2.39 bits per heavy atom. The lowest BCUT2D eigenvalue weighted by Gasteiger charge is -2.38. The molecule has 3 aromatic rings. The monoisotopic (exact) mass is 417 g/mol. The number of H-pyrrole nitrogens is 1. The Bertz CT molecular complexity index is 978. The first kappa shape index (κ1) is 21.1. The number of aromatic amines is 1. The fourth-order valence-electron chi connectivity index (χ4n) is 4.27. The van der Waals surface area contributed by atoms with Crippen molar-refractivity contribution in [2.45, 2.75) is 38.9 Å². The molecule has 1 aliphatic heterocycles. The van der Waals surface area contributed by atoms with E-state index in [0.29, 0.717) is 6.54 Å². The Balaban J connectivity index is 1.38. The Morgan fingerprint density at radius 2 is 1.74 bits per heavy atom. The maximum absolute atomic E-state index is 12.6. The topological polar surface area (TPSA) is 64.3 Å². The van der Waals surface area contributed by atoms with Crippen LogP contribution in [-0.2, 0) is 13.1 Å². The minimum atomic E-state index is -0.00190. The van der Waals surface area contributed by atoms with Gasteiger partial charge in [0, 0.05) is 50.5 Å². The summed E-state index contributed by atoms with van der Waals surface area (Å²) in [5, 5.41) is 2.82. The maximum atomic E-state index is 12.6. The number of nitrogens with one attached hydrogen (secondary N) is 2. The summed E-state index contributed by atoms with van der Waals surface area (Å²) in [6.07, 6.45) is 1.94. The number of piperidine rings is 1. The number of benzene rings is 2. The number of rotatable bonds is 6. The summed E-state index contributed by atoms with van der Waals surface area (Å²) in [5.41, 5.74) is 4.49. The first-order valence-corrected chi connectivity index (χ1v) is 11.0. The van der Waals surface area contributed by atoms with Crippen LogP contribution in [0.5, 0.6) is 0 Å². The highest BCUT2D eigenvalue weighted by atomic mass is 16.2. The van der Waals surface area contributed by atoms with Gasteiger partial charge in [0.15, 0.2) is 0 Å². The van der Waals surface area contributed by atoms with Gasteiger partial charge in [-0.15, -0.1) is 0 Å². The molecule has 1 aliphatic rings. The van der Waals surface area contributed by atoms with Crippen LogP contribution in [0.3, 0.4) is 0 Å². The van der Waals surface area contributed by atoms with Crippen LogP contribution in [0.15, 0.2) is 60.7 Å². The van der Waals surface area contributed by atoms with Crippen molar-refractivity contribution >= 4 is 6.03 Å². The van der Waals surface area contributed by atoms with Gasteiger partial charge in [0.2, 0.25) is 0 Å². The Hall–Kier alpha value is -3.12. The van der Waals surface area contributed by atoms with Crippen LogP contribution >= 0.6 is 0 Å².